The monoisotopic (exact) mass is 196 g/mol. The minimum atomic E-state index is -1.40. The average molecular weight is 196 g/mol. The third-order valence-corrected chi connectivity index (χ3v) is 2.90. The molecule has 0 aromatic carbocycles. The summed E-state index contributed by atoms with van der Waals surface area (Å²) >= 11 is 1.10. The molecule has 0 saturated heterocycles. The summed E-state index contributed by atoms with van der Waals surface area (Å²) in [7, 11) is 0. The van der Waals surface area contributed by atoms with Gasteiger partial charge in [0, 0.05) is 4.88 Å². The molecule has 4 nitrogen and oxygen atoms in total. The highest BCUT2D eigenvalue weighted by Crippen LogP contribution is 2.25. The van der Waals surface area contributed by atoms with Crippen molar-refractivity contribution in [1.82, 2.24) is 0 Å². The van der Waals surface area contributed by atoms with Gasteiger partial charge in [0.1, 0.15) is 16.5 Å². The number of thiophene rings is 1. The van der Waals surface area contributed by atoms with Crippen molar-refractivity contribution in [2.75, 3.05) is 0 Å². The summed E-state index contributed by atoms with van der Waals surface area (Å²) in [6.45, 7) is 1.41. The van der Waals surface area contributed by atoms with Gasteiger partial charge in [-0.15, -0.1) is 11.3 Å². The first-order valence-electron chi connectivity index (χ1n) is 3.51. The predicted molar refractivity (Wildman–Crippen MR) is 48.2 cm³/mol. The van der Waals surface area contributed by atoms with Crippen LogP contribution < -0.4 is 5.73 Å². The zero-order valence-corrected chi connectivity index (χ0v) is 7.76. The van der Waals surface area contributed by atoms with E-state index in [9.17, 15) is 4.79 Å². The summed E-state index contributed by atoms with van der Waals surface area (Å²) in [4.78, 5) is 11.7. The summed E-state index contributed by atoms with van der Waals surface area (Å²) in [6, 6.07) is 5.06. The minimum absolute atomic E-state index is 0.466. The van der Waals surface area contributed by atoms with Crippen molar-refractivity contribution >= 4 is 17.3 Å². The Morgan fingerprint density at radius 2 is 2.38 bits per heavy atom. The third kappa shape index (κ3) is 1.69. The van der Waals surface area contributed by atoms with Gasteiger partial charge in [0.2, 0.25) is 0 Å². The molecule has 0 aliphatic rings. The van der Waals surface area contributed by atoms with Gasteiger partial charge in [-0.25, -0.2) is 4.79 Å². The topological polar surface area (TPSA) is 87.1 Å². The molecule has 13 heavy (non-hydrogen) atoms. The quantitative estimate of drug-likeness (QED) is 0.735. The molecule has 3 N–H and O–H groups in total. The second kappa shape index (κ2) is 3.17. The van der Waals surface area contributed by atoms with E-state index >= 15 is 0 Å². The van der Waals surface area contributed by atoms with Crippen LogP contribution in [0.5, 0.6) is 0 Å². The number of hydrogen-bond donors (Lipinski definition) is 2. The summed E-state index contributed by atoms with van der Waals surface area (Å²) in [5, 5.41) is 17.3. The summed E-state index contributed by atoms with van der Waals surface area (Å²) in [5.41, 5.74) is 4.15. The van der Waals surface area contributed by atoms with Gasteiger partial charge in [0.25, 0.3) is 0 Å². The Morgan fingerprint density at radius 1 is 1.77 bits per heavy atom. The number of nitrogens with two attached hydrogens (primary N) is 1. The van der Waals surface area contributed by atoms with Crippen molar-refractivity contribution in [2.24, 2.45) is 5.73 Å². The molecule has 0 aliphatic carbocycles. The molecule has 5 heteroatoms. The Kier molecular flexibility index (Phi) is 2.36. The summed E-state index contributed by atoms with van der Waals surface area (Å²) < 4.78 is 0. The average Bonchev–Trinajstić information content (AvgIpc) is 2.51. The maximum atomic E-state index is 10.7. The number of carbonyl (C=O) groups is 1. The second-order valence-electron chi connectivity index (χ2n) is 2.78. The molecule has 1 heterocycles. The standard InChI is InChI=1S/C8H8N2O2S/c1-8(10,7(11)12)6-3-2-5(4-9)13-6/h2-3H,10H2,1H3,(H,11,12)/t8-/m1/s1. The Hall–Kier alpha value is -1.38. The number of nitriles is 1. The number of carboxylic acids is 1. The lowest BCUT2D eigenvalue weighted by Gasteiger charge is -2.16. The molecule has 1 aromatic rings. The lowest BCUT2D eigenvalue weighted by Crippen LogP contribution is -2.40. The number of hydrogen-bond acceptors (Lipinski definition) is 4. The molecule has 68 valence electrons. The largest absolute Gasteiger partial charge is 0.480 e. The molecule has 1 aromatic heterocycles. The van der Waals surface area contributed by atoms with Crippen molar-refractivity contribution < 1.29 is 9.90 Å². The lowest BCUT2D eigenvalue weighted by atomic mass is 10.0. The van der Waals surface area contributed by atoms with Crippen molar-refractivity contribution in [3.05, 3.63) is 21.9 Å². The highest BCUT2D eigenvalue weighted by molar-refractivity contribution is 7.12. The van der Waals surface area contributed by atoms with Crippen LogP contribution in [0.4, 0.5) is 0 Å². The first-order chi connectivity index (χ1) is 5.98. The minimum Gasteiger partial charge on any atom is -0.480 e. The van der Waals surface area contributed by atoms with Gasteiger partial charge in [0.05, 0.1) is 0 Å². The molecule has 0 amide bonds. The molecule has 1 rings (SSSR count). The lowest BCUT2D eigenvalue weighted by molar-refractivity contribution is -0.142. The van der Waals surface area contributed by atoms with Crippen molar-refractivity contribution in [1.29, 1.82) is 5.26 Å². The first kappa shape index (κ1) is 9.71. The van der Waals surface area contributed by atoms with E-state index in [2.05, 4.69) is 0 Å². The normalized spacial score (nSPS) is 14.5. The van der Waals surface area contributed by atoms with E-state index < -0.39 is 11.5 Å². The molecule has 0 unspecified atom stereocenters. The second-order valence-corrected chi connectivity index (χ2v) is 3.87. The molecule has 0 radical (unpaired) electrons. The number of carboxylic acid groups (broad SMARTS) is 1. The van der Waals surface area contributed by atoms with Crippen LogP contribution in [0.2, 0.25) is 0 Å². The zero-order chi connectivity index (χ0) is 10.1. The van der Waals surface area contributed by atoms with Crippen LogP contribution >= 0.6 is 11.3 Å². The van der Waals surface area contributed by atoms with Gasteiger partial charge in [-0.05, 0) is 19.1 Å². The van der Waals surface area contributed by atoms with E-state index in [1.807, 2.05) is 6.07 Å². The van der Waals surface area contributed by atoms with Crippen LogP contribution in [0.3, 0.4) is 0 Å². The highest BCUT2D eigenvalue weighted by atomic mass is 32.1. The molecule has 0 saturated carbocycles. The van der Waals surface area contributed by atoms with Crippen molar-refractivity contribution in [2.45, 2.75) is 12.5 Å². The van der Waals surface area contributed by atoms with Crippen LogP contribution in [0.25, 0.3) is 0 Å². The van der Waals surface area contributed by atoms with Gasteiger partial charge in [-0.1, -0.05) is 0 Å². The molecule has 0 spiro atoms. The van der Waals surface area contributed by atoms with E-state index in [-0.39, 0.29) is 0 Å². The van der Waals surface area contributed by atoms with Gasteiger partial charge < -0.3 is 10.8 Å². The fraction of sp³-hybridized carbons (Fsp3) is 0.250. The number of rotatable bonds is 2. The maximum Gasteiger partial charge on any atom is 0.328 e. The smallest absolute Gasteiger partial charge is 0.328 e. The van der Waals surface area contributed by atoms with E-state index in [0.29, 0.717) is 9.75 Å². The van der Waals surface area contributed by atoms with Gasteiger partial charge in [-0.3, -0.25) is 0 Å². The van der Waals surface area contributed by atoms with Gasteiger partial charge in [0.15, 0.2) is 0 Å². The maximum absolute atomic E-state index is 10.7. The van der Waals surface area contributed by atoms with Crippen molar-refractivity contribution in [3.8, 4) is 6.07 Å². The number of nitrogens with zero attached hydrogens (tertiary/aromatic N) is 1. The molecular formula is C8H8N2O2S. The van der Waals surface area contributed by atoms with Gasteiger partial charge in [-0.2, -0.15) is 5.26 Å². The molecule has 1 atom stereocenters. The third-order valence-electron chi connectivity index (χ3n) is 1.67. The van der Waals surface area contributed by atoms with E-state index in [0.717, 1.165) is 11.3 Å². The van der Waals surface area contributed by atoms with Crippen molar-refractivity contribution in [3.63, 3.8) is 0 Å². The SMILES string of the molecule is C[C@](N)(C(=O)O)c1ccc(C#N)s1. The summed E-state index contributed by atoms with van der Waals surface area (Å²) in [6.07, 6.45) is 0. The fourth-order valence-corrected chi connectivity index (χ4v) is 1.64. The Balaban J connectivity index is 3.09. The highest BCUT2D eigenvalue weighted by Gasteiger charge is 2.31. The zero-order valence-electron chi connectivity index (χ0n) is 6.94. The first-order valence-corrected chi connectivity index (χ1v) is 4.33. The van der Waals surface area contributed by atoms with E-state index in [1.165, 1.54) is 6.92 Å². The van der Waals surface area contributed by atoms with E-state index in [4.69, 9.17) is 16.1 Å². The predicted octanol–water partition coefficient (Wildman–Crippen LogP) is 0.878. The van der Waals surface area contributed by atoms with Crippen LogP contribution in [0.15, 0.2) is 12.1 Å². The Bertz CT molecular complexity index is 376. The van der Waals surface area contributed by atoms with Crippen LogP contribution in [0.1, 0.15) is 16.7 Å². The van der Waals surface area contributed by atoms with Crippen LogP contribution in [-0.2, 0) is 10.3 Å². The Labute approximate surface area is 79.2 Å². The summed E-state index contributed by atoms with van der Waals surface area (Å²) in [5.74, 6) is -1.10. The van der Waals surface area contributed by atoms with E-state index in [1.54, 1.807) is 12.1 Å². The Morgan fingerprint density at radius 3 is 2.77 bits per heavy atom. The molecule has 0 aliphatic heterocycles. The van der Waals surface area contributed by atoms with Crippen LogP contribution in [-0.4, -0.2) is 11.1 Å². The molecule has 0 bridgehead atoms. The van der Waals surface area contributed by atoms with Gasteiger partial charge >= 0.3 is 5.97 Å². The molecular weight excluding hydrogens is 188 g/mol. The number of aliphatic carboxylic acids is 1. The van der Waals surface area contributed by atoms with Crippen LogP contribution in [0, 0.1) is 11.3 Å². The molecule has 0 fully saturated rings. The fourth-order valence-electron chi connectivity index (χ4n) is 0.782.